The van der Waals surface area contributed by atoms with E-state index in [1.165, 1.54) is 50.1 Å². The highest BCUT2D eigenvalue weighted by atomic mass is 32.1. The van der Waals surface area contributed by atoms with Gasteiger partial charge in [0, 0.05) is 5.54 Å². The third-order valence-electron chi connectivity index (χ3n) is 5.49. The van der Waals surface area contributed by atoms with E-state index in [1.807, 2.05) is 0 Å². The third kappa shape index (κ3) is 1.86. The summed E-state index contributed by atoms with van der Waals surface area (Å²) in [6.07, 6.45) is 7.84. The molecule has 4 aliphatic carbocycles. The first-order valence-electron chi connectivity index (χ1n) is 7.52. The van der Waals surface area contributed by atoms with Crippen molar-refractivity contribution < 1.29 is 9.90 Å². The molecule has 5 heteroatoms. The van der Waals surface area contributed by atoms with Gasteiger partial charge in [0.15, 0.2) is 0 Å². The number of nitrogens with one attached hydrogen (secondary N) is 1. The number of aromatic carboxylic acids is 1. The quantitative estimate of drug-likeness (QED) is 0.894. The Labute approximate surface area is 122 Å². The standard InChI is InChI=1S/C15H20N2O2S/c1-8-12(14(18)19)13(20-17-8)16-15-5-9-2-10(6-15)4-11(3-9)7-15/h9-11,16H,2-7H2,1H3,(H,18,19). The van der Waals surface area contributed by atoms with E-state index in [2.05, 4.69) is 9.69 Å². The molecule has 0 atom stereocenters. The number of hydrogen-bond donors (Lipinski definition) is 2. The summed E-state index contributed by atoms with van der Waals surface area (Å²) in [6.45, 7) is 1.78. The Morgan fingerprint density at radius 1 is 1.25 bits per heavy atom. The second-order valence-electron chi connectivity index (χ2n) is 7.10. The van der Waals surface area contributed by atoms with E-state index in [-0.39, 0.29) is 5.54 Å². The van der Waals surface area contributed by atoms with Crippen molar-refractivity contribution in [2.75, 3.05) is 5.32 Å². The van der Waals surface area contributed by atoms with E-state index in [4.69, 9.17) is 0 Å². The minimum Gasteiger partial charge on any atom is -0.478 e. The van der Waals surface area contributed by atoms with E-state index in [9.17, 15) is 9.90 Å². The molecule has 0 spiro atoms. The number of hydrogen-bond acceptors (Lipinski definition) is 4. The summed E-state index contributed by atoms with van der Waals surface area (Å²) in [5, 5.41) is 13.8. The molecular weight excluding hydrogens is 272 g/mol. The predicted octanol–water partition coefficient (Wildman–Crippen LogP) is 3.53. The summed E-state index contributed by atoms with van der Waals surface area (Å²) in [7, 11) is 0. The van der Waals surface area contributed by atoms with Crippen LogP contribution in [0.1, 0.15) is 54.6 Å². The number of carboxylic acid groups (broad SMARTS) is 1. The number of carbonyl (C=O) groups is 1. The molecule has 4 nitrogen and oxygen atoms in total. The molecule has 0 aromatic carbocycles. The lowest BCUT2D eigenvalue weighted by Gasteiger charge is -2.57. The van der Waals surface area contributed by atoms with Crippen LogP contribution in [-0.4, -0.2) is 21.0 Å². The van der Waals surface area contributed by atoms with Crippen LogP contribution in [0.3, 0.4) is 0 Å². The van der Waals surface area contributed by atoms with E-state index < -0.39 is 5.97 Å². The molecule has 0 unspecified atom stereocenters. The van der Waals surface area contributed by atoms with E-state index >= 15 is 0 Å². The van der Waals surface area contributed by atoms with Gasteiger partial charge in [0.25, 0.3) is 0 Å². The number of rotatable bonds is 3. The van der Waals surface area contributed by atoms with Crippen molar-refractivity contribution in [1.29, 1.82) is 0 Å². The topological polar surface area (TPSA) is 62.2 Å². The second-order valence-corrected chi connectivity index (χ2v) is 7.87. The largest absolute Gasteiger partial charge is 0.478 e. The Balaban J connectivity index is 1.64. The summed E-state index contributed by atoms with van der Waals surface area (Å²) in [4.78, 5) is 11.4. The fraction of sp³-hybridized carbons (Fsp3) is 0.733. The first kappa shape index (κ1) is 12.6. The molecule has 1 aromatic rings. The normalized spacial score (nSPS) is 38.1. The molecule has 4 fully saturated rings. The van der Waals surface area contributed by atoms with Crippen molar-refractivity contribution in [3.63, 3.8) is 0 Å². The fourth-order valence-electron chi connectivity index (χ4n) is 5.21. The zero-order valence-electron chi connectivity index (χ0n) is 11.7. The van der Waals surface area contributed by atoms with Gasteiger partial charge in [-0.05, 0) is 74.7 Å². The number of nitrogens with zero attached hydrogens (tertiary/aromatic N) is 1. The maximum atomic E-state index is 11.4. The lowest BCUT2D eigenvalue weighted by atomic mass is 9.53. The minimum absolute atomic E-state index is 0.151. The molecule has 1 heterocycles. The van der Waals surface area contributed by atoms with Gasteiger partial charge < -0.3 is 10.4 Å². The Kier molecular flexibility index (Phi) is 2.65. The molecule has 0 saturated heterocycles. The van der Waals surface area contributed by atoms with Crippen LogP contribution in [0.2, 0.25) is 0 Å². The molecule has 5 rings (SSSR count). The minimum atomic E-state index is -0.858. The SMILES string of the molecule is Cc1nsc(NC23CC4CC(CC(C4)C2)C3)c1C(=O)O. The van der Waals surface area contributed by atoms with E-state index in [1.54, 1.807) is 6.92 Å². The molecule has 0 amide bonds. The average molecular weight is 292 g/mol. The highest BCUT2D eigenvalue weighted by molar-refractivity contribution is 7.10. The highest BCUT2D eigenvalue weighted by Gasteiger charge is 2.51. The molecule has 0 radical (unpaired) electrons. The van der Waals surface area contributed by atoms with Crippen molar-refractivity contribution in [1.82, 2.24) is 4.37 Å². The monoisotopic (exact) mass is 292 g/mol. The molecule has 2 N–H and O–H groups in total. The summed E-state index contributed by atoms with van der Waals surface area (Å²) < 4.78 is 4.23. The number of aromatic nitrogens is 1. The van der Waals surface area contributed by atoms with Gasteiger partial charge in [-0.25, -0.2) is 4.79 Å². The van der Waals surface area contributed by atoms with Gasteiger partial charge in [-0.3, -0.25) is 0 Å². The van der Waals surface area contributed by atoms with Crippen LogP contribution < -0.4 is 5.32 Å². The third-order valence-corrected chi connectivity index (χ3v) is 6.35. The van der Waals surface area contributed by atoms with E-state index in [0.717, 1.165) is 22.8 Å². The zero-order valence-corrected chi connectivity index (χ0v) is 12.5. The molecule has 4 aliphatic rings. The Morgan fingerprint density at radius 2 is 1.80 bits per heavy atom. The van der Waals surface area contributed by atoms with Crippen molar-refractivity contribution in [3.8, 4) is 0 Å². The smallest absolute Gasteiger partial charge is 0.340 e. The Hall–Kier alpha value is -1.10. The van der Waals surface area contributed by atoms with Crippen LogP contribution in [0.5, 0.6) is 0 Å². The summed E-state index contributed by atoms with van der Waals surface area (Å²) in [5.74, 6) is 1.71. The maximum Gasteiger partial charge on any atom is 0.340 e. The van der Waals surface area contributed by atoms with E-state index in [0.29, 0.717) is 11.3 Å². The fourth-order valence-corrected chi connectivity index (χ4v) is 6.12. The molecular formula is C15H20N2O2S. The summed E-state index contributed by atoms with van der Waals surface area (Å²) >= 11 is 1.31. The zero-order chi connectivity index (χ0) is 13.9. The lowest BCUT2D eigenvalue weighted by Crippen LogP contribution is -2.54. The summed E-state index contributed by atoms with van der Waals surface area (Å²) in [6, 6.07) is 0. The second kappa shape index (κ2) is 4.20. The van der Waals surface area contributed by atoms with Crippen molar-refractivity contribution in [2.45, 2.75) is 51.0 Å². The molecule has 4 saturated carbocycles. The molecule has 0 aliphatic heterocycles. The lowest BCUT2D eigenvalue weighted by molar-refractivity contribution is 0.0108. The van der Waals surface area contributed by atoms with Gasteiger partial charge in [-0.1, -0.05) is 0 Å². The van der Waals surface area contributed by atoms with Crippen molar-refractivity contribution in [3.05, 3.63) is 11.3 Å². The molecule has 4 bridgehead atoms. The predicted molar refractivity (Wildman–Crippen MR) is 78.3 cm³/mol. The molecule has 108 valence electrons. The van der Waals surface area contributed by atoms with Gasteiger partial charge in [0.2, 0.25) is 0 Å². The Morgan fingerprint density at radius 3 is 2.30 bits per heavy atom. The van der Waals surface area contributed by atoms with Gasteiger partial charge >= 0.3 is 5.97 Å². The van der Waals surface area contributed by atoms with Crippen molar-refractivity contribution >= 4 is 22.5 Å². The van der Waals surface area contributed by atoms with Gasteiger partial charge in [0.05, 0.1) is 5.69 Å². The first-order valence-corrected chi connectivity index (χ1v) is 8.30. The van der Waals surface area contributed by atoms with Crippen LogP contribution in [0.25, 0.3) is 0 Å². The first-order chi connectivity index (χ1) is 9.55. The molecule has 1 aromatic heterocycles. The van der Waals surface area contributed by atoms with Crippen LogP contribution >= 0.6 is 11.5 Å². The van der Waals surface area contributed by atoms with Gasteiger partial charge in [0.1, 0.15) is 10.6 Å². The Bertz CT molecular complexity index is 531. The van der Waals surface area contributed by atoms with Gasteiger partial charge in [-0.2, -0.15) is 4.37 Å². The van der Waals surface area contributed by atoms with Crippen LogP contribution in [0.15, 0.2) is 0 Å². The highest BCUT2D eigenvalue weighted by Crippen LogP contribution is 2.56. The summed E-state index contributed by atoms with van der Waals surface area (Å²) in [5.41, 5.74) is 1.17. The molecule has 20 heavy (non-hydrogen) atoms. The number of anilines is 1. The van der Waals surface area contributed by atoms with Crippen LogP contribution in [0.4, 0.5) is 5.00 Å². The number of carboxylic acids is 1. The number of aryl methyl sites for hydroxylation is 1. The average Bonchev–Trinajstić information content (AvgIpc) is 2.67. The van der Waals surface area contributed by atoms with Crippen molar-refractivity contribution in [2.24, 2.45) is 17.8 Å². The maximum absolute atomic E-state index is 11.4. The van der Waals surface area contributed by atoms with Crippen LogP contribution in [0, 0.1) is 24.7 Å². The van der Waals surface area contributed by atoms with Crippen LogP contribution in [-0.2, 0) is 0 Å². The van der Waals surface area contributed by atoms with Gasteiger partial charge in [-0.15, -0.1) is 0 Å².